The third-order valence-corrected chi connectivity index (χ3v) is 4.21. The van der Waals surface area contributed by atoms with Gasteiger partial charge in [0, 0.05) is 23.4 Å². The van der Waals surface area contributed by atoms with Crippen LogP contribution in [0, 0.1) is 11.3 Å². The number of benzene rings is 1. The maximum atomic E-state index is 9.54. The zero-order valence-electron chi connectivity index (χ0n) is 14.6. The van der Waals surface area contributed by atoms with Crippen LogP contribution in [-0.2, 0) is 13.2 Å². The smallest absolute Gasteiger partial charge is 0.207 e. The highest BCUT2D eigenvalue weighted by molar-refractivity contribution is 5.78. The van der Waals surface area contributed by atoms with Gasteiger partial charge in [0.2, 0.25) is 5.65 Å². The predicted octanol–water partition coefficient (Wildman–Crippen LogP) is 1.94. The summed E-state index contributed by atoms with van der Waals surface area (Å²) in [6, 6.07) is 12.9. The van der Waals surface area contributed by atoms with Gasteiger partial charge in [-0.05, 0) is 17.7 Å². The molecule has 9 heteroatoms. The number of nitrogens with one attached hydrogen (secondary N) is 1. The second-order valence-electron chi connectivity index (χ2n) is 6.01. The number of aliphatic hydroxyl groups excluding tert-OH is 1. The Balaban J connectivity index is 1.59. The van der Waals surface area contributed by atoms with Crippen molar-refractivity contribution < 1.29 is 9.84 Å². The number of rotatable bonds is 5. The molecular weight excluding hydrogens is 358 g/mol. The standard InChI is InChI=1S/C19H15N7O2/c20-7-14-5-11(12-3-4-15(9-27)22-8-12)1-2-13(14)10-28-16-6-17(21)23-19-18(16)24-26-25-19/h1-6,8,27H,9-10H2,(H3,21,23,24,25,26). The van der Waals surface area contributed by atoms with Crippen molar-refractivity contribution in [1.82, 2.24) is 25.4 Å². The molecule has 0 unspecified atom stereocenters. The molecule has 3 aromatic heterocycles. The first-order chi connectivity index (χ1) is 13.7. The van der Waals surface area contributed by atoms with Gasteiger partial charge in [-0.1, -0.05) is 18.2 Å². The Morgan fingerprint density at radius 2 is 2.00 bits per heavy atom. The van der Waals surface area contributed by atoms with Crippen molar-refractivity contribution in [3.63, 3.8) is 0 Å². The van der Waals surface area contributed by atoms with Crippen LogP contribution in [0.2, 0.25) is 0 Å². The number of aromatic amines is 1. The van der Waals surface area contributed by atoms with E-state index in [2.05, 4.69) is 31.4 Å². The third kappa shape index (κ3) is 3.32. The molecule has 0 spiro atoms. The molecule has 3 heterocycles. The lowest BCUT2D eigenvalue weighted by Crippen LogP contribution is -2.01. The molecule has 0 amide bonds. The molecule has 4 N–H and O–H groups in total. The van der Waals surface area contributed by atoms with Crippen LogP contribution in [0.3, 0.4) is 0 Å². The van der Waals surface area contributed by atoms with Crippen molar-refractivity contribution in [2.24, 2.45) is 0 Å². The van der Waals surface area contributed by atoms with Crippen LogP contribution in [0.4, 0.5) is 5.82 Å². The number of pyridine rings is 2. The van der Waals surface area contributed by atoms with Gasteiger partial charge in [-0.15, -0.1) is 5.10 Å². The molecule has 1 aromatic carbocycles. The summed E-state index contributed by atoms with van der Waals surface area (Å²) in [7, 11) is 0. The summed E-state index contributed by atoms with van der Waals surface area (Å²) in [5.41, 5.74) is 10.1. The van der Waals surface area contributed by atoms with Crippen molar-refractivity contribution in [3.8, 4) is 22.9 Å². The Morgan fingerprint density at radius 1 is 1.14 bits per heavy atom. The topological polar surface area (TPSA) is 147 Å². The van der Waals surface area contributed by atoms with E-state index < -0.39 is 0 Å². The fourth-order valence-corrected chi connectivity index (χ4v) is 2.77. The van der Waals surface area contributed by atoms with Gasteiger partial charge in [0.25, 0.3) is 0 Å². The maximum absolute atomic E-state index is 9.54. The summed E-state index contributed by atoms with van der Waals surface area (Å²) in [5.74, 6) is 0.707. The zero-order chi connectivity index (χ0) is 19.5. The Bertz CT molecular complexity index is 1180. The number of nitrogen functional groups attached to an aromatic ring is 1. The second-order valence-corrected chi connectivity index (χ2v) is 6.01. The SMILES string of the molecule is N#Cc1cc(-c2ccc(CO)nc2)ccc1COc1cc(N)nc2n[nH]nc12. The van der Waals surface area contributed by atoms with Gasteiger partial charge in [0.15, 0.2) is 11.3 Å². The van der Waals surface area contributed by atoms with Crippen LogP contribution in [0.5, 0.6) is 5.75 Å². The van der Waals surface area contributed by atoms with Crippen LogP contribution in [-0.4, -0.2) is 30.5 Å². The van der Waals surface area contributed by atoms with E-state index in [0.717, 1.165) is 16.7 Å². The summed E-state index contributed by atoms with van der Waals surface area (Å²) in [6.07, 6.45) is 1.67. The first-order valence-electron chi connectivity index (χ1n) is 8.37. The minimum absolute atomic E-state index is 0.113. The van der Waals surface area contributed by atoms with E-state index >= 15 is 0 Å². The number of hydrogen-bond acceptors (Lipinski definition) is 8. The first kappa shape index (κ1) is 17.4. The average Bonchev–Trinajstić information content (AvgIpc) is 3.20. The number of aliphatic hydroxyl groups is 1. The number of aromatic nitrogens is 5. The quantitative estimate of drug-likeness (QED) is 0.481. The summed E-state index contributed by atoms with van der Waals surface area (Å²) < 4.78 is 5.83. The van der Waals surface area contributed by atoms with Gasteiger partial charge < -0.3 is 15.6 Å². The summed E-state index contributed by atoms with van der Waals surface area (Å²) in [5, 5.41) is 29.0. The van der Waals surface area contributed by atoms with Gasteiger partial charge in [0.05, 0.1) is 23.9 Å². The van der Waals surface area contributed by atoms with E-state index in [4.69, 9.17) is 15.6 Å². The lowest BCUT2D eigenvalue weighted by atomic mass is 10.0. The molecule has 0 atom stereocenters. The average molecular weight is 373 g/mol. The number of nitrogens with zero attached hydrogens (tertiary/aromatic N) is 5. The number of ether oxygens (including phenoxy) is 1. The molecule has 0 saturated heterocycles. The van der Waals surface area contributed by atoms with Crippen molar-refractivity contribution in [3.05, 3.63) is 59.4 Å². The van der Waals surface area contributed by atoms with Crippen LogP contribution >= 0.6 is 0 Å². The number of nitriles is 1. The van der Waals surface area contributed by atoms with Crippen molar-refractivity contribution in [2.45, 2.75) is 13.2 Å². The lowest BCUT2D eigenvalue weighted by molar-refractivity contribution is 0.277. The first-order valence-corrected chi connectivity index (χ1v) is 8.37. The number of anilines is 1. The van der Waals surface area contributed by atoms with Crippen molar-refractivity contribution in [2.75, 3.05) is 5.73 Å². The Hall–Kier alpha value is -4.03. The molecule has 0 aliphatic rings. The molecule has 0 aliphatic carbocycles. The minimum Gasteiger partial charge on any atom is -0.486 e. The maximum Gasteiger partial charge on any atom is 0.207 e. The summed E-state index contributed by atoms with van der Waals surface area (Å²) in [4.78, 5) is 8.23. The molecular formula is C19H15N7O2. The van der Waals surface area contributed by atoms with Gasteiger partial charge in [0.1, 0.15) is 12.4 Å². The van der Waals surface area contributed by atoms with Gasteiger partial charge >= 0.3 is 0 Å². The molecule has 138 valence electrons. The van der Waals surface area contributed by atoms with Crippen LogP contribution < -0.4 is 10.5 Å². The normalized spacial score (nSPS) is 10.7. The third-order valence-electron chi connectivity index (χ3n) is 4.21. The fourth-order valence-electron chi connectivity index (χ4n) is 2.77. The van der Waals surface area contributed by atoms with Crippen LogP contribution in [0.25, 0.3) is 22.3 Å². The molecule has 0 aliphatic heterocycles. The minimum atomic E-state index is -0.113. The van der Waals surface area contributed by atoms with Gasteiger partial charge in [-0.25, -0.2) is 4.98 Å². The zero-order valence-corrected chi connectivity index (χ0v) is 14.6. The van der Waals surface area contributed by atoms with E-state index in [1.807, 2.05) is 18.2 Å². The highest BCUT2D eigenvalue weighted by Gasteiger charge is 2.12. The molecule has 0 saturated carbocycles. The molecule has 4 rings (SSSR count). The number of fused-ring (bicyclic) bond motifs is 1. The van der Waals surface area contributed by atoms with E-state index in [0.29, 0.717) is 28.2 Å². The molecule has 4 aromatic rings. The van der Waals surface area contributed by atoms with Crippen molar-refractivity contribution >= 4 is 17.0 Å². The summed E-state index contributed by atoms with van der Waals surface area (Å²) in [6.45, 7) is 0.0502. The Morgan fingerprint density at radius 3 is 2.75 bits per heavy atom. The molecule has 0 bridgehead atoms. The number of H-pyrrole nitrogens is 1. The molecule has 0 radical (unpaired) electrons. The molecule has 28 heavy (non-hydrogen) atoms. The Kier molecular flexibility index (Phi) is 4.53. The second kappa shape index (κ2) is 7.30. The molecule has 9 nitrogen and oxygen atoms in total. The lowest BCUT2D eigenvalue weighted by Gasteiger charge is -2.10. The predicted molar refractivity (Wildman–Crippen MR) is 101 cm³/mol. The van der Waals surface area contributed by atoms with E-state index in [1.54, 1.807) is 24.4 Å². The van der Waals surface area contributed by atoms with Crippen molar-refractivity contribution in [1.29, 1.82) is 5.26 Å². The summed E-state index contributed by atoms with van der Waals surface area (Å²) >= 11 is 0. The monoisotopic (exact) mass is 373 g/mol. The van der Waals surface area contributed by atoms with E-state index in [1.165, 1.54) is 0 Å². The largest absolute Gasteiger partial charge is 0.486 e. The fraction of sp³-hybridized carbons (Fsp3) is 0.105. The Labute approximate surface area is 159 Å². The highest BCUT2D eigenvalue weighted by atomic mass is 16.5. The van der Waals surface area contributed by atoms with Gasteiger partial charge in [-0.2, -0.15) is 15.6 Å². The number of hydrogen-bond donors (Lipinski definition) is 3. The van der Waals surface area contributed by atoms with E-state index in [-0.39, 0.29) is 19.0 Å². The van der Waals surface area contributed by atoms with Crippen LogP contribution in [0.15, 0.2) is 42.6 Å². The van der Waals surface area contributed by atoms with E-state index in [9.17, 15) is 5.26 Å². The number of nitrogens with two attached hydrogens (primary N) is 1. The van der Waals surface area contributed by atoms with Crippen LogP contribution in [0.1, 0.15) is 16.8 Å². The molecule has 0 fully saturated rings. The highest BCUT2D eigenvalue weighted by Crippen LogP contribution is 2.26. The van der Waals surface area contributed by atoms with Gasteiger partial charge in [-0.3, -0.25) is 4.98 Å².